The quantitative estimate of drug-likeness (QED) is 0.789. The Labute approximate surface area is 157 Å². The third-order valence-corrected chi connectivity index (χ3v) is 6.37. The SMILES string of the molecule is COc1ccc(NC[C@@H]2[C@@H](c3ccc(C)cc3)C23CCCC3)c(OC)n1.[HH]. The van der Waals surface area contributed by atoms with Gasteiger partial charge in [-0.05, 0) is 48.6 Å². The van der Waals surface area contributed by atoms with Crippen molar-refractivity contribution < 1.29 is 10.9 Å². The van der Waals surface area contributed by atoms with Crippen LogP contribution in [0.2, 0.25) is 0 Å². The normalized spacial score (nSPS) is 23.0. The predicted octanol–water partition coefficient (Wildman–Crippen LogP) is 5.04. The smallest absolute Gasteiger partial charge is 0.240 e. The maximum absolute atomic E-state index is 5.43. The van der Waals surface area contributed by atoms with Crippen molar-refractivity contribution in [3.05, 3.63) is 47.5 Å². The number of nitrogens with zero attached hydrogens (tertiary/aromatic N) is 1. The zero-order chi connectivity index (χ0) is 18.1. The molecule has 1 spiro atoms. The summed E-state index contributed by atoms with van der Waals surface area (Å²) in [6.45, 7) is 3.12. The number of rotatable bonds is 6. The Bertz CT molecular complexity index is 772. The van der Waals surface area contributed by atoms with Crippen LogP contribution in [0.15, 0.2) is 36.4 Å². The largest absolute Gasteiger partial charge is 0.481 e. The van der Waals surface area contributed by atoms with E-state index in [1.807, 2.05) is 12.1 Å². The minimum atomic E-state index is 0. The van der Waals surface area contributed by atoms with Gasteiger partial charge in [0, 0.05) is 14.0 Å². The van der Waals surface area contributed by atoms with Crippen molar-refractivity contribution in [1.29, 1.82) is 0 Å². The number of pyridine rings is 1. The molecule has 4 rings (SSSR count). The summed E-state index contributed by atoms with van der Waals surface area (Å²) in [6.07, 6.45) is 5.45. The van der Waals surface area contributed by atoms with E-state index >= 15 is 0 Å². The molecule has 0 amide bonds. The molecule has 0 radical (unpaired) electrons. The molecule has 1 aromatic carbocycles. The fourth-order valence-electron chi connectivity index (χ4n) is 5.00. The Kier molecular flexibility index (Phi) is 4.51. The van der Waals surface area contributed by atoms with Gasteiger partial charge in [0.15, 0.2) is 0 Å². The summed E-state index contributed by atoms with van der Waals surface area (Å²) in [7, 11) is 3.27. The molecule has 2 aliphatic rings. The van der Waals surface area contributed by atoms with E-state index in [-0.39, 0.29) is 1.43 Å². The first-order valence-corrected chi connectivity index (χ1v) is 9.57. The summed E-state index contributed by atoms with van der Waals surface area (Å²) in [5.41, 5.74) is 4.27. The third-order valence-electron chi connectivity index (χ3n) is 6.37. The van der Waals surface area contributed by atoms with Gasteiger partial charge < -0.3 is 14.8 Å². The minimum absolute atomic E-state index is 0. The Hall–Kier alpha value is -2.23. The van der Waals surface area contributed by atoms with Gasteiger partial charge in [-0.3, -0.25) is 0 Å². The molecular formula is C22H30N2O2. The number of aromatic nitrogens is 1. The highest BCUT2D eigenvalue weighted by Gasteiger charge is 2.64. The fraction of sp³-hybridized carbons (Fsp3) is 0.500. The molecule has 1 N–H and O–H groups in total. The first-order chi connectivity index (χ1) is 12.7. The van der Waals surface area contributed by atoms with Crippen LogP contribution in [-0.4, -0.2) is 25.7 Å². The molecular weight excluding hydrogens is 324 g/mol. The zero-order valence-corrected chi connectivity index (χ0v) is 15.9. The van der Waals surface area contributed by atoms with Crippen LogP contribution in [0.5, 0.6) is 11.8 Å². The lowest BCUT2D eigenvalue weighted by molar-refractivity contribution is 0.365. The molecule has 26 heavy (non-hydrogen) atoms. The van der Waals surface area contributed by atoms with E-state index in [0.29, 0.717) is 29.0 Å². The van der Waals surface area contributed by atoms with E-state index in [1.54, 1.807) is 14.2 Å². The van der Waals surface area contributed by atoms with Crippen LogP contribution in [0.25, 0.3) is 0 Å². The van der Waals surface area contributed by atoms with Crippen LogP contribution in [0.1, 0.15) is 44.2 Å². The molecule has 1 aromatic heterocycles. The second kappa shape index (κ2) is 6.82. The van der Waals surface area contributed by atoms with Gasteiger partial charge >= 0.3 is 0 Å². The molecule has 0 unspecified atom stereocenters. The van der Waals surface area contributed by atoms with E-state index < -0.39 is 0 Å². The molecule has 2 atom stereocenters. The molecule has 140 valence electrons. The molecule has 2 aliphatic carbocycles. The number of hydrogen-bond acceptors (Lipinski definition) is 4. The highest BCUT2D eigenvalue weighted by molar-refractivity contribution is 5.54. The molecule has 4 nitrogen and oxygen atoms in total. The van der Waals surface area contributed by atoms with E-state index in [0.717, 1.165) is 12.2 Å². The van der Waals surface area contributed by atoms with Gasteiger partial charge in [0.2, 0.25) is 11.8 Å². The van der Waals surface area contributed by atoms with Crippen molar-refractivity contribution in [3.63, 3.8) is 0 Å². The zero-order valence-electron chi connectivity index (χ0n) is 15.9. The number of methoxy groups -OCH3 is 2. The maximum atomic E-state index is 5.43. The maximum Gasteiger partial charge on any atom is 0.240 e. The van der Waals surface area contributed by atoms with E-state index in [4.69, 9.17) is 9.47 Å². The molecule has 0 saturated heterocycles. The third kappa shape index (κ3) is 2.91. The Balaban J connectivity index is 0.00000210. The summed E-state index contributed by atoms with van der Waals surface area (Å²) in [4.78, 5) is 4.38. The molecule has 0 bridgehead atoms. The Morgan fingerprint density at radius 3 is 2.46 bits per heavy atom. The van der Waals surface area contributed by atoms with Gasteiger partial charge in [0.25, 0.3) is 0 Å². The average Bonchev–Trinajstić information content (AvgIpc) is 3.01. The lowest BCUT2D eigenvalue weighted by atomic mass is 9.96. The van der Waals surface area contributed by atoms with Crippen LogP contribution in [0.4, 0.5) is 5.69 Å². The Morgan fingerprint density at radius 2 is 1.81 bits per heavy atom. The number of aryl methyl sites for hydroxylation is 1. The number of hydrogen-bond donors (Lipinski definition) is 1. The predicted molar refractivity (Wildman–Crippen MR) is 106 cm³/mol. The minimum Gasteiger partial charge on any atom is -0.481 e. The van der Waals surface area contributed by atoms with Crippen LogP contribution in [-0.2, 0) is 0 Å². The van der Waals surface area contributed by atoms with Gasteiger partial charge in [0.05, 0.1) is 19.9 Å². The van der Waals surface area contributed by atoms with Gasteiger partial charge in [-0.2, -0.15) is 4.98 Å². The van der Waals surface area contributed by atoms with Crippen molar-refractivity contribution in [2.75, 3.05) is 26.1 Å². The topological polar surface area (TPSA) is 43.4 Å². The number of nitrogens with one attached hydrogen (secondary N) is 1. The highest BCUT2D eigenvalue weighted by atomic mass is 16.5. The summed E-state index contributed by atoms with van der Waals surface area (Å²) < 4.78 is 10.6. The van der Waals surface area contributed by atoms with Crippen molar-refractivity contribution in [3.8, 4) is 11.8 Å². The highest BCUT2D eigenvalue weighted by Crippen LogP contribution is 2.72. The fourth-order valence-corrected chi connectivity index (χ4v) is 5.00. The second-order valence-electron chi connectivity index (χ2n) is 7.73. The Morgan fingerprint density at radius 1 is 1.08 bits per heavy atom. The lowest BCUT2D eigenvalue weighted by Gasteiger charge is -2.12. The monoisotopic (exact) mass is 354 g/mol. The summed E-state index contributed by atoms with van der Waals surface area (Å²) >= 11 is 0. The number of benzene rings is 1. The molecule has 2 aromatic rings. The first-order valence-electron chi connectivity index (χ1n) is 9.57. The summed E-state index contributed by atoms with van der Waals surface area (Å²) in [5, 5.41) is 3.60. The van der Waals surface area contributed by atoms with E-state index in [9.17, 15) is 0 Å². The molecule has 1 heterocycles. The second-order valence-corrected chi connectivity index (χ2v) is 7.73. The van der Waals surface area contributed by atoms with Crippen molar-refractivity contribution in [2.45, 2.75) is 38.5 Å². The van der Waals surface area contributed by atoms with Gasteiger partial charge in [-0.25, -0.2) is 0 Å². The number of anilines is 1. The van der Waals surface area contributed by atoms with Crippen LogP contribution in [0.3, 0.4) is 0 Å². The van der Waals surface area contributed by atoms with E-state index in [2.05, 4.69) is 41.5 Å². The van der Waals surface area contributed by atoms with Gasteiger partial charge in [0.1, 0.15) is 0 Å². The van der Waals surface area contributed by atoms with E-state index in [1.165, 1.54) is 36.8 Å². The van der Waals surface area contributed by atoms with Crippen LogP contribution < -0.4 is 14.8 Å². The summed E-state index contributed by atoms with van der Waals surface area (Å²) in [5.74, 6) is 2.52. The molecule has 4 heteroatoms. The van der Waals surface area contributed by atoms with Gasteiger partial charge in [-0.1, -0.05) is 42.7 Å². The van der Waals surface area contributed by atoms with Gasteiger partial charge in [-0.15, -0.1) is 0 Å². The molecule has 2 fully saturated rings. The average molecular weight is 354 g/mol. The molecule has 2 saturated carbocycles. The van der Waals surface area contributed by atoms with Crippen molar-refractivity contribution in [2.24, 2.45) is 11.3 Å². The summed E-state index contributed by atoms with van der Waals surface area (Å²) in [6, 6.07) is 13.0. The first kappa shape index (κ1) is 17.2. The molecule has 0 aliphatic heterocycles. The lowest BCUT2D eigenvalue weighted by Crippen LogP contribution is -2.10. The van der Waals surface area contributed by atoms with Crippen LogP contribution in [0, 0.1) is 18.3 Å². The van der Waals surface area contributed by atoms with Crippen molar-refractivity contribution >= 4 is 5.69 Å². The number of ether oxygens (including phenoxy) is 2. The van der Waals surface area contributed by atoms with Crippen LogP contribution >= 0.6 is 0 Å². The van der Waals surface area contributed by atoms with Crippen molar-refractivity contribution in [1.82, 2.24) is 4.98 Å². The standard InChI is InChI=1S/C22H28N2O2.H2/c1-15-6-8-16(9-7-15)20-17(22(20)12-4-5-13-22)14-23-18-10-11-19(25-2)24-21(18)26-3;/h6-11,17,20,23H,4-5,12-14H2,1-3H3;1H/t17-,20-;/m1./s1.